The number of fused-ring (bicyclic) bond motifs is 1. The van der Waals surface area contributed by atoms with E-state index in [0.717, 1.165) is 25.0 Å². The molecule has 2 saturated heterocycles. The smallest absolute Gasteiger partial charge is 0.336 e. The van der Waals surface area contributed by atoms with Gasteiger partial charge in [-0.2, -0.15) is 0 Å². The number of aromatic nitrogens is 1. The molecule has 17 heteroatoms. The van der Waals surface area contributed by atoms with Crippen LogP contribution < -0.4 is 36.0 Å². The number of ether oxygens (including phenoxy) is 4. The summed E-state index contributed by atoms with van der Waals surface area (Å²) in [5, 5.41) is 76.2. The summed E-state index contributed by atoms with van der Waals surface area (Å²) >= 11 is 0. The SMILES string of the molecule is Nc1ccc(CCOc2ccc(-c3cc(=O)c4c(O)c(OC5(c6cccc(O)c6)CCCC5)c(O[C@@H]5O[C@H](C(=O)O)[C@](O)(C6([C@H]7CNCN7)CCCCC6)[C@@H](O)[C@H]5O)cc4o3)cc2)[nH]1. The number of aliphatic hydroxyl groups excluding tert-OH is 2. The predicted octanol–water partition coefficient (Wildman–Crippen LogP) is 4.36. The number of aromatic hydroxyl groups is 2. The van der Waals surface area contributed by atoms with Gasteiger partial charge in [-0.1, -0.05) is 31.4 Å². The van der Waals surface area contributed by atoms with Crippen LogP contribution in [0.15, 0.2) is 82.0 Å². The molecular formula is C47H54N4O13. The van der Waals surface area contributed by atoms with Crippen LogP contribution >= 0.6 is 0 Å². The maximum absolute atomic E-state index is 14.0. The average molecular weight is 883 g/mol. The number of nitrogen functional groups attached to an aromatic ring is 1. The van der Waals surface area contributed by atoms with Crippen LogP contribution in [0.4, 0.5) is 5.82 Å². The Balaban J connectivity index is 1.09. The van der Waals surface area contributed by atoms with E-state index in [4.69, 9.17) is 29.1 Å². The van der Waals surface area contributed by atoms with Crippen LogP contribution in [0.2, 0.25) is 0 Å². The van der Waals surface area contributed by atoms with E-state index in [2.05, 4.69) is 15.6 Å². The number of rotatable bonds is 13. The lowest BCUT2D eigenvalue weighted by Crippen LogP contribution is -2.77. The molecule has 340 valence electrons. The van der Waals surface area contributed by atoms with Crippen LogP contribution in [0.1, 0.15) is 69.0 Å². The molecule has 4 aliphatic rings. The third-order valence-corrected chi connectivity index (χ3v) is 13.8. The molecule has 6 atom stereocenters. The van der Waals surface area contributed by atoms with Gasteiger partial charge < -0.3 is 70.0 Å². The van der Waals surface area contributed by atoms with Crippen molar-refractivity contribution in [3.05, 3.63) is 94.3 Å². The Bertz CT molecular complexity index is 2540. The first-order valence-corrected chi connectivity index (χ1v) is 21.9. The van der Waals surface area contributed by atoms with E-state index >= 15 is 0 Å². The Labute approximate surface area is 367 Å². The van der Waals surface area contributed by atoms with Gasteiger partial charge in [-0.25, -0.2) is 4.79 Å². The molecule has 11 N–H and O–H groups in total. The van der Waals surface area contributed by atoms with Crippen molar-refractivity contribution in [2.45, 2.75) is 106 Å². The van der Waals surface area contributed by atoms with Gasteiger partial charge in [0, 0.05) is 54.5 Å². The maximum Gasteiger partial charge on any atom is 0.336 e. The third kappa shape index (κ3) is 7.69. The van der Waals surface area contributed by atoms with E-state index in [9.17, 15) is 40.2 Å². The number of anilines is 1. The van der Waals surface area contributed by atoms with E-state index < -0.39 is 64.4 Å². The van der Waals surface area contributed by atoms with E-state index in [0.29, 0.717) is 87.5 Å². The topological polar surface area (TPSA) is 271 Å². The number of H-pyrrole nitrogens is 1. The molecule has 3 aromatic carbocycles. The van der Waals surface area contributed by atoms with Crippen molar-refractivity contribution in [1.29, 1.82) is 0 Å². The normalized spacial score (nSPS) is 26.5. The van der Waals surface area contributed by atoms with Crippen LogP contribution in [0.25, 0.3) is 22.3 Å². The predicted molar refractivity (Wildman–Crippen MR) is 232 cm³/mol. The van der Waals surface area contributed by atoms with Gasteiger partial charge in [-0.3, -0.25) is 10.1 Å². The lowest BCUT2D eigenvalue weighted by atomic mass is 9.54. The summed E-state index contributed by atoms with van der Waals surface area (Å²) in [7, 11) is 0. The molecule has 5 aromatic rings. The van der Waals surface area contributed by atoms with Crippen molar-refractivity contribution in [3.8, 4) is 40.1 Å². The number of aliphatic hydroxyl groups is 3. The Kier molecular flexibility index (Phi) is 11.7. The maximum atomic E-state index is 14.0. The second-order valence-corrected chi connectivity index (χ2v) is 17.5. The highest BCUT2D eigenvalue weighted by molar-refractivity contribution is 5.89. The molecule has 2 aromatic heterocycles. The van der Waals surface area contributed by atoms with Crippen molar-refractivity contribution in [3.63, 3.8) is 0 Å². The number of phenols is 2. The molecule has 0 amide bonds. The molecule has 9 rings (SSSR count). The zero-order chi connectivity index (χ0) is 44.8. The van der Waals surface area contributed by atoms with Crippen LogP contribution in [0.3, 0.4) is 0 Å². The highest BCUT2D eigenvalue weighted by Gasteiger charge is 2.69. The molecule has 4 heterocycles. The monoisotopic (exact) mass is 882 g/mol. The first kappa shape index (κ1) is 43.4. The first-order chi connectivity index (χ1) is 30.8. The molecule has 2 saturated carbocycles. The minimum atomic E-state index is -2.48. The Morgan fingerprint density at radius 3 is 2.34 bits per heavy atom. The molecule has 2 aliphatic carbocycles. The number of hydrogen-bond acceptors (Lipinski definition) is 15. The number of nitrogens with two attached hydrogens (primary N) is 1. The number of carboxylic acids is 1. The Morgan fingerprint density at radius 2 is 1.67 bits per heavy atom. The Hall–Kier alpha value is -5.82. The van der Waals surface area contributed by atoms with Gasteiger partial charge in [0.05, 0.1) is 6.61 Å². The first-order valence-electron chi connectivity index (χ1n) is 21.9. The van der Waals surface area contributed by atoms with Crippen LogP contribution in [-0.2, 0) is 21.6 Å². The summed E-state index contributed by atoms with van der Waals surface area (Å²) in [6.45, 7) is 1.18. The minimum Gasteiger partial charge on any atom is -0.508 e. The van der Waals surface area contributed by atoms with Gasteiger partial charge >= 0.3 is 5.97 Å². The van der Waals surface area contributed by atoms with E-state index in [1.807, 2.05) is 6.07 Å². The van der Waals surface area contributed by atoms with Crippen molar-refractivity contribution in [2.75, 3.05) is 25.6 Å². The highest BCUT2D eigenvalue weighted by atomic mass is 16.7. The number of aliphatic carboxylic acids is 1. The van der Waals surface area contributed by atoms with Gasteiger partial charge in [-0.15, -0.1) is 0 Å². The summed E-state index contributed by atoms with van der Waals surface area (Å²) in [5.41, 5.74) is 2.19. The molecule has 2 aliphatic heterocycles. The summed E-state index contributed by atoms with van der Waals surface area (Å²) in [6.07, 6.45) is -2.30. The molecule has 4 fully saturated rings. The number of carbonyl (C=O) groups is 1. The quantitative estimate of drug-likeness (QED) is 0.0787. The van der Waals surface area contributed by atoms with E-state index in [-0.39, 0.29) is 34.0 Å². The van der Waals surface area contributed by atoms with Crippen molar-refractivity contribution < 1.29 is 58.8 Å². The van der Waals surface area contributed by atoms with Gasteiger partial charge in [0.1, 0.15) is 57.5 Å². The average Bonchev–Trinajstić information content (AvgIpc) is 4.09. The van der Waals surface area contributed by atoms with Crippen molar-refractivity contribution in [2.24, 2.45) is 5.41 Å². The summed E-state index contributed by atoms with van der Waals surface area (Å²) < 4.78 is 31.3. The van der Waals surface area contributed by atoms with E-state index in [1.165, 1.54) is 18.2 Å². The fourth-order valence-corrected chi connectivity index (χ4v) is 10.6. The number of phenolic OH excluding ortho intramolecular Hbond substituents is 2. The number of benzene rings is 3. The zero-order valence-corrected chi connectivity index (χ0v) is 35.1. The second kappa shape index (κ2) is 17.3. The minimum absolute atomic E-state index is 0.0132. The fourth-order valence-electron chi connectivity index (χ4n) is 10.6. The second-order valence-electron chi connectivity index (χ2n) is 17.5. The van der Waals surface area contributed by atoms with E-state index in [1.54, 1.807) is 48.5 Å². The molecule has 0 bridgehead atoms. The van der Waals surface area contributed by atoms with Crippen LogP contribution in [0, 0.1) is 5.41 Å². The highest BCUT2D eigenvalue weighted by Crippen LogP contribution is 2.55. The van der Waals surface area contributed by atoms with Crippen LogP contribution in [0.5, 0.6) is 28.7 Å². The summed E-state index contributed by atoms with van der Waals surface area (Å²) in [5.74, 6) is -1.65. The molecule has 0 unspecified atom stereocenters. The molecule has 64 heavy (non-hydrogen) atoms. The Morgan fingerprint density at radius 1 is 0.922 bits per heavy atom. The lowest BCUT2D eigenvalue weighted by molar-refractivity contribution is -0.338. The molecule has 17 nitrogen and oxygen atoms in total. The van der Waals surface area contributed by atoms with Crippen LogP contribution in [-0.4, -0.2) is 97.7 Å². The largest absolute Gasteiger partial charge is 0.508 e. The zero-order valence-electron chi connectivity index (χ0n) is 35.1. The van der Waals surface area contributed by atoms with Crippen molar-refractivity contribution >= 4 is 22.8 Å². The summed E-state index contributed by atoms with van der Waals surface area (Å²) in [4.78, 5) is 30.3. The molecule has 0 spiro atoms. The fraction of sp³-hybridized carbons (Fsp3) is 0.447. The van der Waals surface area contributed by atoms with Gasteiger partial charge in [0.15, 0.2) is 23.0 Å². The summed E-state index contributed by atoms with van der Waals surface area (Å²) in [6, 6.07) is 19.1. The number of hydrogen-bond donors (Lipinski definition) is 10. The third-order valence-electron chi connectivity index (χ3n) is 13.8. The number of nitrogens with one attached hydrogen (secondary N) is 3. The van der Waals surface area contributed by atoms with Crippen molar-refractivity contribution in [1.82, 2.24) is 15.6 Å². The lowest BCUT2D eigenvalue weighted by Gasteiger charge is -2.59. The van der Waals surface area contributed by atoms with Gasteiger partial charge in [-0.05, 0) is 92.6 Å². The standard InChI is InChI=1S/C47H54N4O13/c48-36-14-11-28(51-36)15-20-60-30-12-9-26(10-13-30)32-22-31(53)37-33(61-32)23-34(40(38(37)54)64-46(18-4-5-19-46)27-7-6-8-29(52)21-27)62-44-39(55)41(56)47(59,42(63-44)43(57)58)45(16-2-1-3-17-45)35-24-49-25-50-35/h6-14,21-23,35,39,41-42,44,49-52,54-56,59H,1-5,15-20,24-25,48H2,(H,57,58)/t35-,39-,41+,42-,44-,47+/m1/s1. The number of carboxylic acid groups (broad SMARTS) is 1. The molecular weight excluding hydrogens is 829 g/mol. The van der Waals surface area contributed by atoms with Gasteiger partial charge in [0.25, 0.3) is 0 Å². The number of aromatic amines is 1. The van der Waals surface area contributed by atoms with Gasteiger partial charge in [0.2, 0.25) is 12.0 Å². The molecule has 0 radical (unpaired) electrons.